The molecule has 5 nitrogen and oxygen atoms in total. The molecule has 7 heteroatoms. The van der Waals surface area contributed by atoms with Crippen molar-refractivity contribution in [3.8, 4) is 0 Å². The summed E-state index contributed by atoms with van der Waals surface area (Å²) in [5.41, 5.74) is 1.70. The van der Waals surface area contributed by atoms with Crippen molar-refractivity contribution in [1.82, 2.24) is 9.55 Å². The van der Waals surface area contributed by atoms with Gasteiger partial charge in [-0.05, 0) is 30.2 Å². The Morgan fingerprint density at radius 1 is 1.38 bits per heavy atom. The lowest BCUT2D eigenvalue weighted by atomic mass is 10.1. The fourth-order valence-electron chi connectivity index (χ4n) is 2.15. The van der Waals surface area contributed by atoms with Crippen molar-refractivity contribution >= 4 is 10.0 Å². The molecule has 1 aromatic heterocycles. The summed E-state index contributed by atoms with van der Waals surface area (Å²) in [6.45, 7) is 6.07. The van der Waals surface area contributed by atoms with Crippen LogP contribution in [0.3, 0.4) is 0 Å². The van der Waals surface area contributed by atoms with E-state index < -0.39 is 10.0 Å². The van der Waals surface area contributed by atoms with Crippen LogP contribution in [0.1, 0.15) is 36.7 Å². The summed E-state index contributed by atoms with van der Waals surface area (Å²) in [7, 11) is -3.84. The molecule has 0 saturated carbocycles. The number of hydrogen-bond donors (Lipinski definition) is 1. The van der Waals surface area contributed by atoms with E-state index >= 15 is 0 Å². The number of aromatic nitrogens is 2. The largest absolute Gasteiger partial charge is 0.329 e. The van der Waals surface area contributed by atoms with Crippen molar-refractivity contribution in [3.05, 3.63) is 47.2 Å². The molecular weight excluding hydrogens is 293 g/mol. The lowest BCUT2D eigenvalue weighted by molar-refractivity contribution is 0.594. The summed E-state index contributed by atoms with van der Waals surface area (Å²) < 4.78 is 37.8. The van der Waals surface area contributed by atoms with E-state index in [9.17, 15) is 12.8 Å². The number of aryl methyl sites for hydroxylation is 1. The second-order valence-corrected chi connectivity index (χ2v) is 6.84. The summed E-state index contributed by atoms with van der Waals surface area (Å²) in [5, 5.41) is 4.98. The van der Waals surface area contributed by atoms with Crippen molar-refractivity contribution in [2.24, 2.45) is 5.14 Å². The highest BCUT2D eigenvalue weighted by Crippen LogP contribution is 2.19. The van der Waals surface area contributed by atoms with Gasteiger partial charge in [-0.25, -0.2) is 22.9 Å². The predicted molar refractivity (Wildman–Crippen MR) is 77.9 cm³/mol. The number of sulfonamides is 1. The highest BCUT2D eigenvalue weighted by Gasteiger charge is 2.18. The Morgan fingerprint density at radius 2 is 2.05 bits per heavy atom. The van der Waals surface area contributed by atoms with Gasteiger partial charge >= 0.3 is 0 Å². The molecule has 0 unspecified atom stereocenters. The van der Waals surface area contributed by atoms with Crippen LogP contribution < -0.4 is 5.14 Å². The zero-order valence-electron chi connectivity index (χ0n) is 12.2. The molecule has 2 N–H and O–H groups in total. The van der Waals surface area contributed by atoms with E-state index in [1.807, 2.05) is 20.8 Å². The van der Waals surface area contributed by atoms with Gasteiger partial charge in [0.2, 0.25) is 0 Å². The van der Waals surface area contributed by atoms with Gasteiger partial charge in [0.05, 0.1) is 0 Å². The van der Waals surface area contributed by atoms with E-state index in [2.05, 4.69) is 4.98 Å². The Hall–Kier alpha value is -1.73. The van der Waals surface area contributed by atoms with E-state index in [0.717, 1.165) is 11.1 Å². The first kappa shape index (κ1) is 15.7. The molecule has 2 rings (SSSR count). The van der Waals surface area contributed by atoms with Crippen LogP contribution in [-0.2, 0) is 16.6 Å². The Balaban J connectivity index is 2.45. The molecule has 0 fully saturated rings. The Morgan fingerprint density at radius 3 is 2.57 bits per heavy atom. The summed E-state index contributed by atoms with van der Waals surface area (Å²) in [6, 6.07) is 4.52. The van der Waals surface area contributed by atoms with E-state index in [0.29, 0.717) is 12.4 Å². The zero-order valence-corrected chi connectivity index (χ0v) is 13.0. The van der Waals surface area contributed by atoms with Gasteiger partial charge in [-0.2, -0.15) is 0 Å². The minimum atomic E-state index is -3.84. The highest BCUT2D eigenvalue weighted by atomic mass is 32.2. The van der Waals surface area contributed by atoms with Crippen molar-refractivity contribution in [2.45, 2.75) is 38.3 Å². The molecule has 0 radical (unpaired) electrons. The second-order valence-electron chi connectivity index (χ2n) is 5.34. The van der Waals surface area contributed by atoms with Crippen LogP contribution in [0, 0.1) is 12.7 Å². The standard InChI is InChI=1S/C14H18FN3O2S/c1-9(2)14-17-13(21(16,19)20)8-18(14)7-11-4-5-12(15)6-10(11)3/h4-6,8-9H,7H2,1-3H3,(H2,16,19,20). The summed E-state index contributed by atoms with van der Waals surface area (Å²) in [6.07, 6.45) is 1.42. The van der Waals surface area contributed by atoms with Gasteiger partial charge < -0.3 is 4.57 Å². The van der Waals surface area contributed by atoms with Crippen molar-refractivity contribution in [3.63, 3.8) is 0 Å². The molecule has 21 heavy (non-hydrogen) atoms. The van der Waals surface area contributed by atoms with Gasteiger partial charge in [-0.3, -0.25) is 0 Å². The molecule has 0 aliphatic carbocycles. The van der Waals surface area contributed by atoms with Gasteiger partial charge in [-0.15, -0.1) is 0 Å². The minimum Gasteiger partial charge on any atom is -0.329 e. The quantitative estimate of drug-likeness (QED) is 0.939. The average molecular weight is 311 g/mol. The van der Waals surface area contributed by atoms with Crippen LogP contribution in [-0.4, -0.2) is 18.0 Å². The van der Waals surface area contributed by atoms with Gasteiger partial charge in [0.25, 0.3) is 10.0 Å². The fraction of sp³-hybridized carbons (Fsp3) is 0.357. The maximum atomic E-state index is 13.1. The number of imidazole rings is 1. The van der Waals surface area contributed by atoms with E-state index in [1.54, 1.807) is 10.6 Å². The maximum Gasteiger partial charge on any atom is 0.257 e. The van der Waals surface area contributed by atoms with Crippen LogP contribution in [0.25, 0.3) is 0 Å². The molecule has 0 spiro atoms. The molecule has 0 amide bonds. The number of benzene rings is 1. The van der Waals surface area contributed by atoms with Gasteiger partial charge in [-0.1, -0.05) is 19.9 Å². The van der Waals surface area contributed by atoms with Gasteiger partial charge in [0.1, 0.15) is 11.6 Å². The molecule has 1 heterocycles. The van der Waals surface area contributed by atoms with Crippen LogP contribution in [0.2, 0.25) is 0 Å². The maximum absolute atomic E-state index is 13.1. The van der Waals surface area contributed by atoms with E-state index in [-0.39, 0.29) is 16.8 Å². The van der Waals surface area contributed by atoms with Crippen LogP contribution >= 0.6 is 0 Å². The van der Waals surface area contributed by atoms with E-state index in [1.165, 1.54) is 18.3 Å². The average Bonchev–Trinajstić information content (AvgIpc) is 2.76. The second kappa shape index (κ2) is 5.57. The molecule has 2 aromatic rings. The summed E-state index contributed by atoms with van der Waals surface area (Å²) >= 11 is 0. The molecule has 1 aromatic carbocycles. The molecule has 0 aliphatic heterocycles. The molecular formula is C14H18FN3O2S. The van der Waals surface area contributed by atoms with Crippen LogP contribution in [0.5, 0.6) is 0 Å². The summed E-state index contributed by atoms with van der Waals surface area (Å²) in [4.78, 5) is 4.10. The third-order valence-corrected chi connectivity index (χ3v) is 4.02. The topological polar surface area (TPSA) is 78.0 Å². The third kappa shape index (κ3) is 3.48. The lowest BCUT2D eigenvalue weighted by Gasteiger charge is -2.12. The first-order valence-corrected chi connectivity index (χ1v) is 8.08. The number of nitrogens with zero attached hydrogens (tertiary/aromatic N) is 2. The monoisotopic (exact) mass is 311 g/mol. The third-order valence-electron chi connectivity index (χ3n) is 3.24. The Bertz CT molecular complexity index is 767. The Labute approximate surface area is 123 Å². The van der Waals surface area contributed by atoms with Crippen LogP contribution in [0.4, 0.5) is 4.39 Å². The first-order chi connectivity index (χ1) is 9.68. The van der Waals surface area contributed by atoms with Gasteiger partial charge in [0.15, 0.2) is 5.03 Å². The normalized spacial score (nSPS) is 12.1. The lowest BCUT2D eigenvalue weighted by Crippen LogP contribution is -2.12. The van der Waals surface area contributed by atoms with Crippen LogP contribution in [0.15, 0.2) is 29.4 Å². The zero-order chi connectivity index (χ0) is 15.8. The first-order valence-electron chi connectivity index (χ1n) is 6.53. The molecule has 114 valence electrons. The smallest absolute Gasteiger partial charge is 0.257 e. The Kier molecular flexibility index (Phi) is 4.15. The predicted octanol–water partition coefficient (Wildman–Crippen LogP) is 2.15. The summed E-state index contributed by atoms with van der Waals surface area (Å²) in [5.74, 6) is 0.375. The molecule has 0 aliphatic rings. The van der Waals surface area contributed by atoms with Gasteiger partial charge in [0, 0.05) is 18.7 Å². The molecule has 0 bridgehead atoms. The number of hydrogen-bond acceptors (Lipinski definition) is 3. The number of rotatable bonds is 4. The SMILES string of the molecule is Cc1cc(F)ccc1Cn1cc(S(N)(=O)=O)nc1C(C)C. The van der Waals surface area contributed by atoms with E-state index in [4.69, 9.17) is 5.14 Å². The number of primary sulfonamides is 1. The van der Waals surface area contributed by atoms with Crippen molar-refractivity contribution in [2.75, 3.05) is 0 Å². The minimum absolute atomic E-state index is 0.0428. The highest BCUT2D eigenvalue weighted by molar-refractivity contribution is 7.89. The fourth-order valence-corrected chi connectivity index (χ4v) is 2.65. The molecule has 0 saturated heterocycles. The van der Waals surface area contributed by atoms with Crippen molar-refractivity contribution < 1.29 is 12.8 Å². The number of nitrogens with two attached hydrogens (primary N) is 1. The number of halogens is 1. The molecule has 0 atom stereocenters. The van der Waals surface area contributed by atoms with Crippen molar-refractivity contribution in [1.29, 1.82) is 0 Å².